The number of thiophene rings is 1. The first-order chi connectivity index (χ1) is 8.90. The lowest BCUT2D eigenvalue weighted by atomic mass is 10.2. The van der Waals surface area contributed by atoms with Crippen LogP contribution in [-0.4, -0.2) is 27.9 Å². The van der Waals surface area contributed by atoms with Crippen LogP contribution in [0, 0.1) is 6.92 Å². The number of carboxylic acid groups (broad SMARTS) is 1. The molecule has 0 unspecified atom stereocenters. The first-order valence-electron chi connectivity index (χ1n) is 5.62. The van der Waals surface area contributed by atoms with Crippen LogP contribution in [0.1, 0.15) is 20.9 Å². The molecule has 1 N–H and O–H groups in total. The average molecular weight is 300 g/mol. The van der Waals surface area contributed by atoms with Gasteiger partial charge in [0.15, 0.2) is 0 Å². The van der Waals surface area contributed by atoms with E-state index in [9.17, 15) is 9.90 Å². The molecule has 0 radical (unpaired) electrons. The van der Waals surface area contributed by atoms with E-state index in [4.69, 9.17) is 11.6 Å². The van der Waals surface area contributed by atoms with Crippen LogP contribution < -0.4 is 4.90 Å². The fraction of sp³-hybridized carbons (Fsp3) is 0.333. The maximum atomic E-state index is 11.3. The molecule has 0 aromatic carbocycles. The van der Waals surface area contributed by atoms with Crippen LogP contribution >= 0.6 is 22.9 Å². The Morgan fingerprint density at radius 3 is 2.79 bits per heavy atom. The number of nitrogens with zero attached hydrogens (tertiary/aromatic N) is 3. The molecule has 0 aliphatic heterocycles. The van der Waals surface area contributed by atoms with E-state index in [-0.39, 0.29) is 5.56 Å². The van der Waals surface area contributed by atoms with E-state index < -0.39 is 5.97 Å². The van der Waals surface area contributed by atoms with E-state index in [2.05, 4.69) is 5.10 Å². The summed E-state index contributed by atoms with van der Waals surface area (Å²) in [5, 5.41) is 13.5. The number of carboxylic acids is 1. The summed E-state index contributed by atoms with van der Waals surface area (Å²) in [5.41, 5.74) is 0.758. The highest BCUT2D eigenvalue weighted by atomic mass is 35.5. The van der Waals surface area contributed by atoms with Gasteiger partial charge in [-0.05, 0) is 19.1 Å². The predicted octanol–water partition coefficient (Wildman–Crippen LogP) is 2.78. The van der Waals surface area contributed by atoms with Gasteiger partial charge in [-0.1, -0.05) is 11.6 Å². The molecule has 2 rings (SSSR count). The molecule has 19 heavy (non-hydrogen) atoms. The fourth-order valence-electron chi connectivity index (χ4n) is 2.08. The average Bonchev–Trinajstić information content (AvgIpc) is 2.82. The molecule has 0 bridgehead atoms. The Morgan fingerprint density at radius 2 is 2.26 bits per heavy atom. The highest BCUT2D eigenvalue weighted by Crippen LogP contribution is 2.27. The third-order valence-corrected chi connectivity index (χ3v) is 4.01. The number of halogens is 1. The quantitative estimate of drug-likeness (QED) is 0.943. The highest BCUT2D eigenvalue weighted by Gasteiger charge is 2.22. The van der Waals surface area contributed by atoms with Gasteiger partial charge in [-0.25, -0.2) is 4.79 Å². The molecule has 0 saturated heterocycles. The lowest BCUT2D eigenvalue weighted by Gasteiger charge is -2.19. The van der Waals surface area contributed by atoms with Crippen molar-refractivity contribution in [2.24, 2.45) is 7.05 Å². The van der Waals surface area contributed by atoms with Crippen molar-refractivity contribution < 1.29 is 9.90 Å². The van der Waals surface area contributed by atoms with Crippen LogP contribution in [0.5, 0.6) is 0 Å². The van der Waals surface area contributed by atoms with Crippen molar-refractivity contribution in [3.8, 4) is 0 Å². The van der Waals surface area contributed by atoms with E-state index in [1.165, 1.54) is 11.3 Å². The summed E-state index contributed by atoms with van der Waals surface area (Å²) >= 11 is 7.38. The standard InChI is InChI=1S/C12H14ClN3O2S/c1-7-10(12(17)18)11(16(3)14-7)15(2)6-8-4-5-9(13)19-8/h4-5H,6H2,1-3H3,(H,17,18). The molecular weight excluding hydrogens is 286 g/mol. The summed E-state index contributed by atoms with van der Waals surface area (Å²) < 4.78 is 2.32. The Kier molecular flexibility index (Phi) is 3.82. The van der Waals surface area contributed by atoms with Crippen LogP contribution in [0.2, 0.25) is 4.34 Å². The maximum Gasteiger partial charge on any atom is 0.341 e. The van der Waals surface area contributed by atoms with Gasteiger partial charge in [0.2, 0.25) is 0 Å². The molecule has 0 spiro atoms. The number of rotatable bonds is 4. The van der Waals surface area contributed by atoms with Crippen LogP contribution in [0.4, 0.5) is 5.82 Å². The van der Waals surface area contributed by atoms with Gasteiger partial charge in [-0.3, -0.25) is 4.68 Å². The zero-order chi connectivity index (χ0) is 14.2. The monoisotopic (exact) mass is 299 g/mol. The molecule has 2 aromatic heterocycles. The van der Waals surface area contributed by atoms with E-state index in [0.717, 1.165) is 9.21 Å². The van der Waals surface area contributed by atoms with Gasteiger partial charge in [0.05, 0.1) is 16.6 Å². The van der Waals surface area contributed by atoms with Crippen LogP contribution in [0.15, 0.2) is 12.1 Å². The molecule has 2 aromatic rings. The summed E-state index contributed by atoms with van der Waals surface area (Å²) in [4.78, 5) is 14.3. The summed E-state index contributed by atoms with van der Waals surface area (Å²) in [6, 6.07) is 3.77. The molecule has 0 fully saturated rings. The normalized spacial score (nSPS) is 10.7. The van der Waals surface area contributed by atoms with Crippen LogP contribution in [0.3, 0.4) is 0 Å². The zero-order valence-electron chi connectivity index (χ0n) is 10.8. The summed E-state index contributed by atoms with van der Waals surface area (Å²) in [7, 11) is 3.59. The second kappa shape index (κ2) is 5.22. The number of anilines is 1. The van der Waals surface area contributed by atoms with Gasteiger partial charge >= 0.3 is 5.97 Å². The zero-order valence-corrected chi connectivity index (χ0v) is 12.4. The number of carbonyl (C=O) groups is 1. The fourth-order valence-corrected chi connectivity index (χ4v) is 3.22. The first kappa shape index (κ1) is 13.9. The number of aryl methyl sites for hydroxylation is 2. The number of aromatic nitrogens is 2. The molecule has 5 nitrogen and oxygen atoms in total. The highest BCUT2D eigenvalue weighted by molar-refractivity contribution is 7.16. The van der Waals surface area contributed by atoms with E-state index in [1.54, 1.807) is 18.7 Å². The van der Waals surface area contributed by atoms with Gasteiger partial charge in [0.1, 0.15) is 11.4 Å². The predicted molar refractivity (Wildman–Crippen MR) is 76.3 cm³/mol. The van der Waals surface area contributed by atoms with E-state index in [1.807, 2.05) is 24.1 Å². The topological polar surface area (TPSA) is 58.4 Å². The summed E-state index contributed by atoms with van der Waals surface area (Å²) in [5.74, 6) is -0.369. The summed E-state index contributed by atoms with van der Waals surface area (Å²) in [6.07, 6.45) is 0. The van der Waals surface area contributed by atoms with E-state index >= 15 is 0 Å². The second-order valence-electron chi connectivity index (χ2n) is 4.27. The first-order valence-corrected chi connectivity index (χ1v) is 6.82. The molecule has 0 aliphatic carbocycles. The van der Waals surface area contributed by atoms with Crippen molar-refractivity contribution in [2.75, 3.05) is 11.9 Å². The van der Waals surface area contributed by atoms with Crippen molar-refractivity contribution in [3.05, 3.63) is 32.6 Å². The Balaban J connectivity index is 2.33. The molecule has 102 valence electrons. The van der Waals surface area contributed by atoms with Gasteiger partial charge in [0.25, 0.3) is 0 Å². The molecule has 2 heterocycles. The van der Waals surface area contributed by atoms with E-state index in [0.29, 0.717) is 18.1 Å². The minimum Gasteiger partial charge on any atom is -0.477 e. The Hall–Kier alpha value is -1.53. The van der Waals surface area contributed by atoms with Gasteiger partial charge in [-0.15, -0.1) is 11.3 Å². The Bertz CT molecular complexity index is 621. The second-order valence-corrected chi connectivity index (χ2v) is 6.07. The van der Waals surface area contributed by atoms with Crippen LogP contribution in [0.25, 0.3) is 0 Å². The summed E-state index contributed by atoms with van der Waals surface area (Å²) in [6.45, 7) is 2.29. The molecule has 0 aliphatic rings. The largest absolute Gasteiger partial charge is 0.477 e. The Labute approximate surface area is 120 Å². The van der Waals surface area contributed by atoms with Gasteiger partial charge < -0.3 is 10.0 Å². The third-order valence-electron chi connectivity index (χ3n) is 2.79. The smallest absolute Gasteiger partial charge is 0.341 e. The lowest BCUT2D eigenvalue weighted by Crippen LogP contribution is -2.21. The molecular formula is C12H14ClN3O2S. The molecule has 0 saturated carbocycles. The number of hydrogen-bond donors (Lipinski definition) is 1. The number of hydrogen-bond acceptors (Lipinski definition) is 4. The van der Waals surface area contributed by atoms with Crippen molar-refractivity contribution in [1.29, 1.82) is 0 Å². The molecule has 0 atom stereocenters. The Morgan fingerprint density at radius 1 is 1.58 bits per heavy atom. The molecule has 0 amide bonds. The van der Waals surface area contributed by atoms with Crippen molar-refractivity contribution >= 4 is 34.7 Å². The van der Waals surface area contributed by atoms with Gasteiger partial charge in [-0.2, -0.15) is 5.10 Å². The van der Waals surface area contributed by atoms with Crippen molar-refractivity contribution in [1.82, 2.24) is 9.78 Å². The lowest BCUT2D eigenvalue weighted by molar-refractivity contribution is 0.0696. The minimum atomic E-state index is -0.961. The number of aromatic carboxylic acids is 1. The third kappa shape index (κ3) is 2.74. The van der Waals surface area contributed by atoms with Gasteiger partial charge in [0, 0.05) is 19.0 Å². The maximum absolute atomic E-state index is 11.3. The minimum absolute atomic E-state index is 0.243. The van der Waals surface area contributed by atoms with Crippen molar-refractivity contribution in [2.45, 2.75) is 13.5 Å². The van der Waals surface area contributed by atoms with Crippen LogP contribution in [-0.2, 0) is 13.6 Å². The van der Waals surface area contributed by atoms with Crippen molar-refractivity contribution in [3.63, 3.8) is 0 Å². The SMILES string of the molecule is Cc1nn(C)c(N(C)Cc2ccc(Cl)s2)c1C(=O)O. The molecule has 7 heteroatoms.